The van der Waals surface area contributed by atoms with E-state index in [4.69, 9.17) is 9.47 Å². The molecule has 0 saturated heterocycles. The van der Waals surface area contributed by atoms with Crippen LogP contribution in [-0.4, -0.2) is 38.4 Å². The standard InChI is InChI=1S/C13H25NO3/c1-5-6-7-17-12(15)9-14-10-8-11(16-4)13(10,2)3/h10-11,14H,5-9H2,1-4H3. The fraction of sp³-hybridized carbons (Fsp3) is 0.923. The van der Waals surface area contributed by atoms with E-state index in [0.717, 1.165) is 19.3 Å². The van der Waals surface area contributed by atoms with Crippen molar-refractivity contribution in [1.29, 1.82) is 0 Å². The summed E-state index contributed by atoms with van der Waals surface area (Å²) in [5.74, 6) is -0.157. The lowest BCUT2D eigenvalue weighted by Gasteiger charge is -2.51. The average Bonchev–Trinajstić information content (AvgIpc) is 2.28. The van der Waals surface area contributed by atoms with Crippen molar-refractivity contribution in [1.82, 2.24) is 5.32 Å². The van der Waals surface area contributed by atoms with E-state index in [2.05, 4.69) is 26.1 Å². The van der Waals surface area contributed by atoms with Crippen LogP contribution in [0.3, 0.4) is 0 Å². The zero-order valence-corrected chi connectivity index (χ0v) is 11.4. The van der Waals surface area contributed by atoms with Crippen LogP contribution in [0.5, 0.6) is 0 Å². The highest BCUT2D eigenvalue weighted by Gasteiger charge is 2.48. The van der Waals surface area contributed by atoms with Gasteiger partial charge in [0, 0.05) is 18.6 Å². The number of unbranched alkanes of at least 4 members (excludes halogenated alkanes) is 1. The van der Waals surface area contributed by atoms with Crippen LogP contribution in [0.4, 0.5) is 0 Å². The van der Waals surface area contributed by atoms with Crippen LogP contribution in [0, 0.1) is 5.41 Å². The molecular weight excluding hydrogens is 218 g/mol. The summed E-state index contributed by atoms with van der Waals surface area (Å²) in [6.45, 7) is 7.23. The maximum atomic E-state index is 11.4. The maximum Gasteiger partial charge on any atom is 0.319 e. The van der Waals surface area contributed by atoms with Gasteiger partial charge in [-0.15, -0.1) is 0 Å². The molecule has 1 aliphatic rings. The molecule has 0 amide bonds. The molecule has 0 aliphatic heterocycles. The molecule has 1 aliphatic carbocycles. The fourth-order valence-electron chi connectivity index (χ4n) is 2.22. The summed E-state index contributed by atoms with van der Waals surface area (Å²) in [5.41, 5.74) is 0.0957. The Morgan fingerprint density at radius 3 is 2.71 bits per heavy atom. The first-order chi connectivity index (χ1) is 8.02. The van der Waals surface area contributed by atoms with Gasteiger partial charge in [-0.3, -0.25) is 4.79 Å². The zero-order valence-electron chi connectivity index (χ0n) is 11.4. The molecule has 0 spiro atoms. The van der Waals surface area contributed by atoms with E-state index in [1.54, 1.807) is 7.11 Å². The number of hydrogen-bond acceptors (Lipinski definition) is 4. The highest BCUT2D eigenvalue weighted by Crippen LogP contribution is 2.42. The van der Waals surface area contributed by atoms with Gasteiger partial charge in [-0.1, -0.05) is 27.2 Å². The second kappa shape index (κ2) is 6.36. The molecule has 1 rings (SSSR count). The number of rotatable bonds is 7. The molecule has 1 N–H and O–H groups in total. The first-order valence-electron chi connectivity index (χ1n) is 6.44. The summed E-state index contributed by atoms with van der Waals surface area (Å²) in [6.07, 6.45) is 3.24. The normalized spacial score (nSPS) is 26.4. The van der Waals surface area contributed by atoms with Crippen LogP contribution in [-0.2, 0) is 14.3 Å². The zero-order chi connectivity index (χ0) is 12.9. The number of nitrogens with one attached hydrogen (secondary N) is 1. The molecule has 1 saturated carbocycles. The summed E-state index contributed by atoms with van der Waals surface area (Å²) in [7, 11) is 1.74. The van der Waals surface area contributed by atoms with Crippen LogP contribution in [0.15, 0.2) is 0 Å². The number of carbonyl (C=O) groups excluding carboxylic acids is 1. The van der Waals surface area contributed by atoms with Crippen molar-refractivity contribution in [2.75, 3.05) is 20.3 Å². The Hall–Kier alpha value is -0.610. The Kier molecular flexibility index (Phi) is 5.40. The summed E-state index contributed by atoms with van der Waals surface area (Å²) in [4.78, 5) is 11.4. The SMILES string of the molecule is CCCCOC(=O)CNC1CC(OC)C1(C)C. The second-order valence-electron chi connectivity index (χ2n) is 5.29. The molecule has 1 fully saturated rings. The molecule has 0 aromatic heterocycles. The van der Waals surface area contributed by atoms with Crippen molar-refractivity contribution < 1.29 is 14.3 Å². The third kappa shape index (κ3) is 3.68. The van der Waals surface area contributed by atoms with E-state index >= 15 is 0 Å². The molecule has 2 atom stereocenters. The van der Waals surface area contributed by atoms with Crippen LogP contribution >= 0.6 is 0 Å². The van der Waals surface area contributed by atoms with Gasteiger partial charge in [0.2, 0.25) is 0 Å². The predicted octanol–water partition coefficient (Wildman–Crippen LogP) is 1.73. The van der Waals surface area contributed by atoms with Crippen molar-refractivity contribution in [3.63, 3.8) is 0 Å². The molecule has 0 bridgehead atoms. The van der Waals surface area contributed by atoms with Crippen LogP contribution in [0.25, 0.3) is 0 Å². The third-order valence-electron chi connectivity index (χ3n) is 3.72. The van der Waals surface area contributed by atoms with Gasteiger partial charge in [-0.2, -0.15) is 0 Å². The van der Waals surface area contributed by atoms with Crippen molar-refractivity contribution >= 4 is 5.97 Å². The molecule has 17 heavy (non-hydrogen) atoms. The minimum Gasteiger partial charge on any atom is -0.465 e. The van der Waals surface area contributed by atoms with Crippen LogP contribution in [0.2, 0.25) is 0 Å². The maximum absolute atomic E-state index is 11.4. The van der Waals surface area contributed by atoms with Gasteiger partial charge in [-0.25, -0.2) is 0 Å². The first kappa shape index (κ1) is 14.5. The van der Waals surface area contributed by atoms with Gasteiger partial charge < -0.3 is 14.8 Å². The molecule has 0 aromatic rings. The molecule has 2 unspecified atom stereocenters. The summed E-state index contributed by atoms with van der Waals surface area (Å²) < 4.78 is 10.5. The largest absolute Gasteiger partial charge is 0.465 e. The molecule has 0 aromatic carbocycles. The summed E-state index contributed by atoms with van der Waals surface area (Å²) >= 11 is 0. The highest BCUT2D eigenvalue weighted by atomic mass is 16.5. The average molecular weight is 243 g/mol. The molecule has 4 nitrogen and oxygen atoms in total. The van der Waals surface area contributed by atoms with Gasteiger partial charge in [0.15, 0.2) is 0 Å². The first-order valence-corrected chi connectivity index (χ1v) is 6.44. The van der Waals surface area contributed by atoms with E-state index in [9.17, 15) is 4.79 Å². The highest BCUT2D eigenvalue weighted by molar-refractivity contribution is 5.71. The Bertz CT molecular complexity index is 253. The lowest BCUT2D eigenvalue weighted by molar-refractivity contribution is -0.144. The Balaban J connectivity index is 2.17. The number of hydrogen-bond donors (Lipinski definition) is 1. The molecule has 0 heterocycles. The van der Waals surface area contributed by atoms with Crippen molar-refractivity contribution in [3.05, 3.63) is 0 Å². The van der Waals surface area contributed by atoms with E-state index in [-0.39, 0.29) is 17.5 Å². The molecular formula is C13H25NO3. The third-order valence-corrected chi connectivity index (χ3v) is 3.72. The number of ether oxygens (including phenoxy) is 2. The van der Waals surface area contributed by atoms with E-state index in [1.165, 1.54) is 0 Å². The topological polar surface area (TPSA) is 47.6 Å². The molecule has 0 radical (unpaired) electrons. The second-order valence-corrected chi connectivity index (χ2v) is 5.29. The van der Waals surface area contributed by atoms with Gasteiger partial charge in [-0.05, 0) is 12.8 Å². The lowest BCUT2D eigenvalue weighted by Crippen LogP contribution is -2.61. The van der Waals surface area contributed by atoms with E-state index in [1.807, 2.05) is 0 Å². The van der Waals surface area contributed by atoms with Crippen LogP contribution in [0.1, 0.15) is 40.0 Å². The van der Waals surface area contributed by atoms with Crippen LogP contribution < -0.4 is 5.32 Å². The van der Waals surface area contributed by atoms with Gasteiger partial charge in [0.1, 0.15) is 0 Å². The summed E-state index contributed by atoms with van der Waals surface area (Å²) in [5, 5.41) is 3.25. The molecule has 100 valence electrons. The minimum atomic E-state index is -0.157. The number of methoxy groups -OCH3 is 1. The number of carbonyl (C=O) groups is 1. The molecule has 4 heteroatoms. The number of esters is 1. The van der Waals surface area contributed by atoms with Crippen molar-refractivity contribution in [2.45, 2.75) is 52.2 Å². The Morgan fingerprint density at radius 1 is 1.47 bits per heavy atom. The monoisotopic (exact) mass is 243 g/mol. The Morgan fingerprint density at radius 2 is 2.18 bits per heavy atom. The summed E-state index contributed by atoms with van der Waals surface area (Å²) in [6, 6.07) is 0.339. The smallest absolute Gasteiger partial charge is 0.319 e. The van der Waals surface area contributed by atoms with Crippen molar-refractivity contribution in [2.24, 2.45) is 5.41 Å². The quantitative estimate of drug-likeness (QED) is 0.546. The lowest BCUT2D eigenvalue weighted by atomic mass is 9.64. The van der Waals surface area contributed by atoms with E-state index in [0.29, 0.717) is 19.2 Å². The fourth-order valence-corrected chi connectivity index (χ4v) is 2.22. The Labute approximate surface area is 104 Å². The van der Waals surface area contributed by atoms with Gasteiger partial charge in [0.05, 0.1) is 19.3 Å². The minimum absolute atomic E-state index is 0.0957. The van der Waals surface area contributed by atoms with Crippen molar-refractivity contribution in [3.8, 4) is 0 Å². The predicted molar refractivity (Wildman–Crippen MR) is 66.9 cm³/mol. The van der Waals surface area contributed by atoms with E-state index < -0.39 is 0 Å². The van der Waals surface area contributed by atoms with Gasteiger partial charge in [0.25, 0.3) is 0 Å². The van der Waals surface area contributed by atoms with Gasteiger partial charge >= 0.3 is 5.97 Å².